The predicted molar refractivity (Wildman–Crippen MR) is 59.3 cm³/mol. The van der Waals surface area contributed by atoms with Crippen molar-refractivity contribution in [2.45, 2.75) is 40.5 Å². The second-order valence-electron chi connectivity index (χ2n) is 4.45. The molecule has 0 amide bonds. The molecule has 0 bridgehead atoms. The van der Waals surface area contributed by atoms with Gasteiger partial charge in [0.05, 0.1) is 5.70 Å². The van der Waals surface area contributed by atoms with E-state index in [4.69, 9.17) is 0 Å². The van der Waals surface area contributed by atoms with E-state index in [9.17, 15) is 4.39 Å². The third-order valence-corrected chi connectivity index (χ3v) is 2.92. The molecule has 1 aliphatic carbocycles. The van der Waals surface area contributed by atoms with Gasteiger partial charge in [-0.05, 0) is 44.1 Å². The number of alkyl halides is 1. The Hall–Kier alpha value is -0.660. The molecule has 1 aliphatic rings. The molecule has 1 fully saturated rings. The van der Waals surface area contributed by atoms with Gasteiger partial charge < -0.3 is 0 Å². The molecule has 0 radical (unpaired) electrons. The zero-order valence-corrected chi connectivity index (χ0v) is 9.60. The fraction of sp³-hybridized carbons (Fsp3) is 0.750. The van der Waals surface area contributed by atoms with Crippen molar-refractivity contribution in [3.8, 4) is 0 Å². The Morgan fingerprint density at radius 1 is 1.36 bits per heavy atom. The number of rotatable bonds is 4. The molecule has 0 aromatic rings. The van der Waals surface area contributed by atoms with Gasteiger partial charge in [-0.25, -0.2) is 4.39 Å². The fourth-order valence-electron chi connectivity index (χ4n) is 1.32. The van der Waals surface area contributed by atoms with E-state index in [1.165, 1.54) is 12.8 Å². The maximum absolute atomic E-state index is 12.8. The van der Waals surface area contributed by atoms with Gasteiger partial charge in [-0.1, -0.05) is 13.8 Å². The minimum Gasteiger partial charge on any atom is -0.260 e. The lowest BCUT2D eigenvalue weighted by Crippen LogP contribution is -2.04. The summed E-state index contributed by atoms with van der Waals surface area (Å²) in [6, 6.07) is 0. The van der Waals surface area contributed by atoms with Gasteiger partial charge in [-0.3, -0.25) is 4.99 Å². The summed E-state index contributed by atoms with van der Waals surface area (Å²) in [4.78, 5) is 4.38. The van der Waals surface area contributed by atoms with E-state index in [2.05, 4.69) is 18.8 Å². The van der Waals surface area contributed by atoms with Gasteiger partial charge in [0.15, 0.2) is 0 Å². The van der Waals surface area contributed by atoms with Crippen molar-refractivity contribution in [3.63, 3.8) is 0 Å². The van der Waals surface area contributed by atoms with Crippen molar-refractivity contribution in [2.75, 3.05) is 6.67 Å². The maximum atomic E-state index is 12.8. The summed E-state index contributed by atoms with van der Waals surface area (Å²) >= 11 is 0. The van der Waals surface area contributed by atoms with E-state index < -0.39 is 6.67 Å². The Balaban J connectivity index is 2.80. The summed E-state index contributed by atoms with van der Waals surface area (Å²) in [7, 11) is 0. The van der Waals surface area contributed by atoms with Gasteiger partial charge in [0.2, 0.25) is 0 Å². The molecule has 0 spiro atoms. The molecule has 0 heterocycles. The highest BCUT2D eigenvalue weighted by molar-refractivity contribution is 5.84. The van der Waals surface area contributed by atoms with Crippen LogP contribution in [0.15, 0.2) is 16.3 Å². The fourth-order valence-corrected chi connectivity index (χ4v) is 1.32. The molecule has 1 rings (SSSR count). The van der Waals surface area contributed by atoms with E-state index in [1.807, 2.05) is 13.8 Å². The first-order valence-corrected chi connectivity index (χ1v) is 5.37. The lowest BCUT2D eigenvalue weighted by atomic mass is 10.1. The molecule has 0 aromatic heterocycles. The predicted octanol–water partition coefficient (Wildman–Crippen LogP) is 3.76. The topological polar surface area (TPSA) is 12.4 Å². The van der Waals surface area contributed by atoms with Crippen LogP contribution >= 0.6 is 0 Å². The molecule has 0 unspecified atom stereocenters. The first-order chi connectivity index (χ1) is 6.56. The summed E-state index contributed by atoms with van der Waals surface area (Å²) < 4.78 is 12.8. The van der Waals surface area contributed by atoms with Crippen LogP contribution in [0.5, 0.6) is 0 Å². The quantitative estimate of drug-likeness (QED) is 0.608. The van der Waals surface area contributed by atoms with Crippen molar-refractivity contribution in [1.29, 1.82) is 0 Å². The second kappa shape index (κ2) is 4.72. The van der Waals surface area contributed by atoms with E-state index in [0.717, 1.165) is 11.3 Å². The van der Waals surface area contributed by atoms with Crippen LogP contribution in [0.2, 0.25) is 0 Å². The SMILES string of the molecule is CC(=N/C(CF)=C(\C)C1CC1)C(C)C. The molecule has 0 saturated heterocycles. The van der Waals surface area contributed by atoms with E-state index in [1.54, 1.807) is 0 Å². The molecule has 14 heavy (non-hydrogen) atoms. The van der Waals surface area contributed by atoms with E-state index >= 15 is 0 Å². The zero-order valence-electron chi connectivity index (χ0n) is 9.60. The third-order valence-electron chi connectivity index (χ3n) is 2.92. The normalized spacial score (nSPS) is 20.0. The lowest BCUT2D eigenvalue weighted by Gasteiger charge is -2.07. The van der Waals surface area contributed by atoms with Crippen LogP contribution in [0.4, 0.5) is 4.39 Å². The minimum atomic E-state index is -0.424. The molecule has 1 saturated carbocycles. The van der Waals surface area contributed by atoms with Crippen molar-refractivity contribution in [1.82, 2.24) is 0 Å². The number of halogens is 1. The summed E-state index contributed by atoms with van der Waals surface area (Å²) in [5.74, 6) is 1.02. The van der Waals surface area contributed by atoms with Gasteiger partial charge in [0, 0.05) is 5.71 Å². The minimum absolute atomic E-state index is 0.406. The maximum Gasteiger partial charge on any atom is 0.131 e. The average Bonchev–Trinajstić information content (AvgIpc) is 2.95. The summed E-state index contributed by atoms with van der Waals surface area (Å²) in [6.45, 7) is 7.73. The third kappa shape index (κ3) is 2.93. The smallest absolute Gasteiger partial charge is 0.131 e. The summed E-state index contributed by atoms with van der Waals surface area (Å²) in [5, 5.41) is 0. The van der Waals surface area contributed by atoms with Crippen molar-refractivity contribution < 1.29 is 4.39 Å². The highest BCUT2D eigenvalue weighted by Crippen LogP contribution is 2.38. The number of allylic oxidation sites excluding steroid dienone is 2. The number of hydrogen-bond donors (Lipinski definition) is 0. The summed E-state index contributed by atoms with van der Waals surface area (Å²) in [6.07, 6.45) is 2.43. The molecular formula is C12H20FN. The standard InChI is InChI=1S/C12H20FN/c1-8(2)10(4)14-12(7-13)9(3)11-5-6-11/h8,11H,5-7H2,1-4H3/b12-9+,14-10?. The van der Waals surface area contributed by atoms with Gasteiger partial charge in [-0.2, -0.15) is 0 Å². The van der Waals surface area contributed by atoms with E-state index in [-0.39, 0.29) is 0 Å². The molecule has 80 valence electrons. The van der Waals surface area contributed by atoms with E-state index in [0.29, 0.717) is 17.5 Å². The summed E-state index contributed by atoms with van der Waals surface area (Å²) in [5.41, 5.74) is 2.85. The van der Waals surface area contributed by atoms with Crippen LogP contribution in [-0.4, -0.2) is 12.4 Å². The first kappa shape index (κ1) is 11.4. The van der Waals surface area contributed by atoms with Crippen LogP contribution in [0.25, 0.3) is 0 Å². The molecule has 0 aliphatic heterocycles. The Bertz CT molecular complexity index is 259. The molecule has 0 atom stereocenters. The molecular weight excluding hydrogens is 177 g/mol. The second-order valence-corrected chi connectivity index (χ2v) is 4.45. The first-order valence-electron chi connectivity index (χ1n) is 5.37. The molecule has 1 nitrogen and oxygen atoms in total. The van der Waals surface area contributed by atoms with Crippen molar-refractivity contribution in [3.05, 3.63) is 11.3 Å². The number of nitrogens with zero attached hydrogens (tertiary/aromatic N) is 1. The van der Waals surface area contributed by atoms with Gasteiger partial charge in [-0.15, -0.1) is 0 Å². The van der Waals surface area contributed by atoms with Gasteiger partial charge >= 0.3 is 0 Å². The lowest BCUT2D eigenvalue weighted by molar-refractivity contribution is 0.534. The van der Waals surface area contributed by atoms with Crippen molar-refractivity contribution >= 4 is 5.71 Å². The van der Waals surface area contributed by atoms with Crippen LogP contribution in [0, 0.1) is 11.8 Å². The molecule has 2 heteroatoms. The highest BCUT2D eigenvalue weighted by atomic mass is 19.1. The molecule has 0 N–H and O–H groups in total. The number of aliphatic imine (C=N–C) groups is 1. The van der Waals surface area contributed by atoms with Crippen LogP contribution < -0.4 is 0 Å². The highest BCUT2D eigenvalue weighted by Gasteiger charge is 2.25. The Morgan fingerprint density at radius 2 is 1.93 bits per heavy atom. The van der Waals surface area contributed by atoms with Crippen molar-refractivity contribution in [2.24, 2.45) is 16.8 Å². The van der Waals surface area contributed by atoms with Crippen LogP contribution in [0.3, 0.4) is 0 Å². The Labute approximate surface area is 86.1 Å². The zero-order chi connectivity index (χ0) is 10.7. The monoisotopic (exact) mass is 197 g/mol. The number of hydrogen-bond acceptors (Lipinski definition) is 1. The van der Waals surface area contributed by atoms with Crippen LogP contribution in [-0.2, 0) is 0 Å². The molecule has 0 aromatic carbocycles. The largest absolute Gasteiger partial charge is 0.260 e. The Morgan fingerprint density at radius 3 is 2.29 bits per heavy atom. The van der Waals surface area contributed by atoms with Gasteiger partial charge in [0.25, 0.3) is 0 Å². The van der Waals surface area contributed by atoms with Gasteiger partial charge in [0.1, 0.15) is 6.67 Å². The Kier molecular flexibility index (Phi) is 3.85. The van der Waals surface area contributed by atoms with Crippen LogP contribution in [0.1, 0.15) is 40.5 Å². The average molecular weight is 197 g/mol.